The van der Waals surface area contributed by atoms with E-state index >= 15 is 0 Å². The summed E-state index contributed by atoms with van der Waals surface area (Å²) in [6.45, 7) is 1.78. The van der Waals surface area contributed by atoms with E-state index in [9.17, 15) is 9.90 Å². The standard InChI is InChI=1S/C14H16N2O2S/c1-10(7-12-3-2-6-19-12)14(18)16-13-8-15-5-4-11(13)9-17/h2-6,8,10,17H,7,9H2,1H3,(H,16,18). The van der Waals surface area contributed by atoms with Gasteiger partial charge in [0.05, 0.1) is 18.5 Å². The average molecular weight is 276 g/mol. The minimum absolute atomic E-state index is 0.0592. The van der Waals surface area contributed by atoms with Crippen LogP contribution in [0.25, 0.3) is 0 Å². The number of anilines is 1. The fourth-order valence-corrected chi connectivity index (χ4v) is 2.59. The molecule has 0 aliphatic rings. The van der Waals surface area contributed by atoms with Gasteiger partial charge in [-0.25, -0.2) is 0 Å². The van der Waals surface area contributed by atoms with Gasteiger partial charge in [-0.15, -0.1) is 11.3 Å². The molecule has 0 saturated heterocycles. The minimum atomic E-state index is -0.120. The third-order valence-electron chi connectivity index (χ3n) is 2.87. The second kappa shape index (κ2) is 6.45. The Morgan fingerprint density at radius 3 is 3.05 bits per heavy atom. The molecule has 2 heterocycles. The van der Waals surface area contributed by atoms with Crippen molar-refractivity contribution in [3.8, 4) is 0 Å². The third-order valence-corrected chi connectivity index (χ3v) is 3.77. The molecule has 0 aliphatic heterocycles. The van der Waals surface area contributed by atoms with Crippen molar-refractivity contribution >= 4 is 22.9 Å². The van der Waals surface area contributed by atoms with Crippen molar-refractivity contribution < 1.29 is 9.90 Å². The molecule has 0 aromatic carbocycles. The molecule has 2 rings (SSSR count). The number of aromatic nitrogens is 1. The highest BCUT2D eigenvalue weighted by atomic mass is 32.1. The van der Waals surface area contributed by atoms with Gasteiger partial charge in [-0.2, -0.15) is 0 Å². The monoisotopic (exact) mass is 276 g/mol. The predicted octanol–water partition coefficient (Wildman–Crippen LogP) is 2.45. The molecular formula is C14H16N2O2S. The highest BCUT2D eigenvalue weighted by Crippen LogP contribution is 2.18. The van der Waals surface area contributed by atoms with E-state index in [-0.39, 0.29) is 18.4 Å². The molecule has 1 unspecified atom stereocenters. The van der Waals surface area contributed by atoms with Gasteiger partial charge in [0.1, 0.15) is 0 Å². The first-order valence-corrected chi connectivity index (χ1v) is 6.95. The van der Waals surface area contributed by atoms with Crippen LogP contribution in [0.1, 0.15) is 17.4 Å². The van der Waals surface area contributed by atoms with E-state index in [1.165, 1.54) is 4.88 Å². The lowest BCUT2D eigenvalue weighted by Crippen LogP contribution is -2.22. The molecule has 19 heavy (non-hydrogen) atoms. The van der Waals surface area contributed by atoms with Crippen LogP contribution in [-0.4, -0.2) is 16.0 Å². The largest absolute Gasteiger partial charge is 0.392 e. The topological polar surface area (TPSA) is 62.2 Å². The number of hydrogen-bond donors (Lipinski definition) is 2. The first-order chi connectivity index (χ1) is 9.20. The molecular weight excluding hydrogens is 260 g/mol. The summed E-state index contributed by atoms with van der Waals surface area (Å²) in [6.07, 6.45) is 3.87. The summed E-state index contributed by atoms with van der Waals surface area (Å²) in [5.74, 6) is -0.179. The van der Waals surface area contributed by atoms with Crippen LogP contribution in [0, 0.1) is 5.92 Å². The molecule has 2 N–H and O–H groups in total. The summed E-state index contributed by atoms with van der Waals surface area (Å²) in [4.78, 5) is 17.2. The molecule has 100 valence electrons. The Hall–Kier alpha value is -1.72. The predicted molar refractivity (Wildman–Crippen MR) is 76.0 cm³/mol. The maximum Gasteiger partial charge on any atom is 0.227 e. The Bertz CT molecular complexity index is 540. The molecule has 5 heteroatoms. The van der Waals surface area contributed by atoms with Gasteiger partial charge in [0, 0.05) is 22.6 Å². The third kappa shape index (κ3) is 3.62. The van der Waals surface area contributed by atoms with Crippen LogP contribution in [0.5, 0.6) is 0 Å². The van der Waals surface area contributed by atoms with Crippen molar-refractivity contribution in [1.29, 1.82) is 0 Å². The first kappa shape index (κ1) is 13.7. The first-order valence-electron chi connectivity index (χ1n) is 6.07. The Balaban J connectivity index is 2.00. The van der Waals surface area contributed by atoms with Crippen molar-refractivity contribution in [3.63, 3.8) is 0 Å². The van der Waals surface area contributed by atoms with Crippen LogP contribution in [-0.2, 0) is 17.8 Å². The zero-order valence-electron chi connectivity index (χ0n) is 10.7. The lowest BCUT2D eigenvalue weighted by atomic mass is 10.1. The van der Waals surface area contributed by atoms with Gasteiger partial charge in [0.25, 0.3) is 0 Å². The van der Waals surface area contributed by atoms with E-state index in [4.69, 9.17) is 0 Å². The number of amides is 1. The maximum absolute atomic E-state index is 12.1. The minimum Gasteiger partial charge on any atom is -0.392 e. The van der Waals surface area contributed by atoms with Crippen LogP contribution in [0.3, 0.4) is 0 Å². The SMILES string of the molecule is CC(Cc1cccs1)C(=O)Nc1cnccc1CO. The molecule has 4 nitrogen and oxygen atoms in total. The fraction of sp³-hybridized carbons (Fsp3) is 0.286. The number of rotatable bonds is 5. The highest BCUT2D eigenvalue weighted by Gasteiger charge is 2.15. The van der Waals surface area contributed by atoms with Gasteiger partial charge < -0.3 is 10.4 Å². The van der Waals surface area contributed by atoms with Gasteiger partial charge in [0.15, 0.2) is 0 Å². The second-order valence-electron chi connectivity index (χ2n) is 4.36. The molecule has 1 atom stereocenters. The molecule has 0 spiro atoms. The highest BCUT2D eigenvalue weighted by molar-refractivity contribution is 7.09. The van der Waals surface area contributed by atoms with Crippen molar-refractivity contribution in [2.24, 2.45) is 5.92 Å². The number of thiophene rings is 1. The van der Waals surface area contributed by atoms with Crippen LogP contribution in [0.2, 0.25) is 0 Å². The van der Waals surface area contributed by atoms with Crippen LogP contribution in [0.4, 0.5) is 5.69 Å². The molecule has 0 radical (unpaired) electrons. The Labute approximate surface area is 116 Å². The second-order valence-corrected chi connectivity index (χ2v) is 5.40. The number of pyridine rings is 1. The van der Waals surface area contributed by atoms with Crippen molar-refractivity contribution in [2.75, 3.05) is 5.32 Å². The summed E-state index contributed by atoms with van der Waals surface area (Å²) < 4.78 is 0. The molecule has 0 saturated carbocycles. The molecule has 2 aromatic rings. The number of hydrogen-bond acceptors (Lipinski definition) is 4. The van der Waals surface area contributed by atoms with Gasteiger partial charge in [-0.3, -0.25) is 9.78 Å². The van der Waals surface area contributed by atoms with Gasteiger partial charge in [-0.05, 0) is 23.9 Å². The van der Waals surface area contributed by atoms with E-state index in [1.807, 2.05) is 24.4 Å². The Morgan fingerprint density at radius 2 is 2.37 bits per heavy atom. The normalized spacial score (nSPS) is 12.1. The van der Waals surface area contributed by atoms with Crippen LogP contribution >= 0.6 is 11.3 Å². The van der Waals surface area contributed by atoms with Crippen LogP contribution in [0.15, 0.2) is 36.0 Å². The summed E-state index contributed by atoms with van der Waals surface area (Å²) in [6, 6.07) is 5.70. The number of aliphatic hydroxyl groups is 1. The molecule has 2 aromatic heterocycles. The zero-order chi connectivity index (χ0) is 13.7. The van der Waals surface area contributed by atoms with Crippen molar-refractivity contribution in [1.82, 2.24) is 4.98 Å². The molecule has 0 bridgehead atoms. The lowest BCUT2D eigenvalue weighted by Gasteiger charge is -2.13. The summed E-state index contributed by atoms with van der Waals surface area (Å²) >= 11 is 1.65. The molecule has 1 amide bonds. The van der Waals surface area contributed by atoms with Crippen LogP contribution < -0.4 is 5.32 Å². The van der Waals surface area contributed by atoms with Gasteiger partial charge in [0.2, 0.25) is 5.91 Å². The van der Waals surface area contributed by atoms with E-state index in [2.05, 4.69) is 10.3 Å². The number of nitrogens with one attached hydrogen (secondary N) is 1. The number of carbonyl (C=O) groups is 1. The average Bonchev–Trinajstić information content (AvgIpc) is 2.92. The van der Waals surface area contributed by atoms with E-state index in [0.29, 0.717) is 11.3 Å². The summed E-state index contributed by atoms with van der Waals surface area (Å²) in [5, 5.41) is 14.0. The van der Waals surface area contributed by atoms with Gasteiger partial charge >= 0.3 is 0 Å². The number of aliphatic hydroxyl groups excluding tert-OH is 1. The number of carbonyl (C=O) groups excluding carboxylic acids is 1. The van der Waals surface area contributed by atoms with Crippen molar-refractivity contribution in [3.05, 3.63) is 46.4 Å². The smallest absolute Gasteiger partial charge is 0.227 e. The van der Waals surface area contributed by atoms with Crippen molar-refractivity contribution in [2.45, 2.75) is 20.0 Å². The van der Waals surface area contributed by atoms with Gasteiger partial charge in [-0.1, -0.05) is 13.0 Å². The molecule has 0 aliphatic carbocycles. The quantitative estimate of drug-likeness (QED) is 0.881. The summed E-state index contributed by atoms with van der Waals surface area (Å²) in [5.41, 5.74) is 1.25. The Kier molecular flexibility index (Phi) is 4.65. The lowest BCUT2D eigenvalue weighted by molar-refractivity contribution is -0.119. The maximum atomic E-state index is 12.1. The zero-order valence-corrected chi connectivity index (χ0v) is 11.5. The van der Waals surface area contributed by atoms with E-state index in [0.717, 1.165) is 6.42 Å². The summed E-state index contributed by atoms with van der Waals surface area (Å²) in [7, 11) is 0. The Morgan fingerprint density at radius 1 is 1.53 bits per heavy atom. The van der Waals surface area contributed by atoms with E-state index < -0.39 is 0 Å². The fourth-order valence-electron chi connectivity index (χ4n) is 1.75. The van der Waals surface area contributed by atoms with E-state index in [1.54, 1.807) is 29.8 Å². The number of nitrogens with zero attached hydrogens (tertiary/aromatic N) is 1. The molecule has 0 fully saturated rings.